The third-order valence-electron chi connectivity index (χ3n) is 13.2. The van der Waals surface area contributed by atoms with E-state index in [2.05, 4.69) is 60.0 Å². The molecule has 1 saturated carbocycles. The molecule has 368 valence electrons. The van der Waals surface area contributed by atoms with E-state index in [9.17, 15) is 29.5 Å². The minimum absolute atomic E-state index is 0.0884. The minimum Gasteiger partial charge on any atom is -0.507 e. The maximum absolute atomic E-state index is 14.5. The molecule has 3 amide bonds. The third kappa shape index (κ3) is 11.3. The summed E-state index contributed by atoms with van der Waals surface area (Å²) in [6, 6.07) is 23.7. The van der Waals surface area contributed by atoms with Gasteiger partial charge in [0, 0.05) is 28.5 Å². The number of benzene rings is 4. The van der Waals surface area contributed by atoms with E-state index in [1.807, 2.05) is 57.2 Å². The van der Waals surface area contributed by atoms with Gasteiger partial charge in [-0.25, -0.2) is 4.98 Å². The van der Waals surface area contributed by atoms with Crippen molar-refractivity contribution in [3.8, 4) is 45.8 Å². The smallest absolute Gasteiger partial charge is 0.251 e. The first-order valence-electron chi connectivity index (χ1n) is 23.4. The molecule has 5 N–H and O–H groups in total. The summed E-state index contributed by atoms with van der Waals surface area (Å²) in [7, 11) is 0. The fraction of sp³-hybridized carbons (Fsp3) is 0.407. The highest BCUT2D eigenvalue weighted by Crippen LogP contribution is 2.55. The number of phenols is 1. The lowest BCUT2D eigenvalue weighted by Gasteiger charge is -2.63. The number of aromatic hydroxyl groups is 1. The minimum atomic E-state index is -1.19. The molecule has 0 spiro atoms. The molecule has 2 aliphatic rings. The molecule has 2 heterocycles. The Balaban J connectivity index is 0.892. The van der Waals surface area contributed by atoms with Crippen LogP contribution in [0, 0.1) is 34.5 Å². The van der Waals surface area contributed by atoms with E-state index in [1.54, 1.807) is 49.4 Å². The van der Waals surface area contributed by atoms with Crippen molar-refractivity contribution in [1.82, 2.24) is 26.3 Å². The number of amides is 3. The summed E-state index contributed by atoms with van der Waals surface area (Å²) in [4.78, 5) is 58.8. The summed E-state index contributed by atoms with van der Waals surface area (Å²) in [5.41, 5.74) is 2.47. The Morgan fingerprint density at radius 1 is 0.929 bits per heavy atom. The standard InChI is InChI=1S/C54H61ClN6O9/c1-31-46(69-30-58-31)39-22-18-35(26-42(39)62)44(60-49(66)41-10-9-23-57-41)45(64)47(52(2,3)4)59-43(63)29-67-24-25-68-37-19-15-33(16-20-37)32-11-13-34(14-12-32)48(65)61-50-53(5,6)51(54(50,7)8)70-38-21-17-36(28-56)40(55)27-38/h11-22,26-27,30,41,44,47,50-51,57,62H,9-10,23-25,29H2,1-8H3,(H,59,63)(H,60,66)(H,61,65)/t41?,44?,47-,50?,51?/m1/s1. The molecule has 3 atom stereocenters. The fourth-order valence-corrected chi connectivity index (χ4v) is 10.00. The summed E-state index contributed by atoms with van der Waals surface area (Å²) in [5, 5.41) is 32.7. The molecule has 0 radical (unpaired) electrons. The van der Waals surface area contributed by atoms with Gasteiger partial charge in [0.2, 0.25) is 11.8 Å². The van der Waals surface area contributed by atoms with Crippen molar-refractivity contribution in [3.63, 3.8) is 0 Å². The number of aryl methyl sites for hydroxylation is 1. The average Bonchev–Trinajstić information content (AvgIpc) is 4.03. The zero-order valence-corrected chi connectivity index (χ0v) is 41.5. The van der Waals surface area contributed by atoms with E-state index in [1.165, 1.54) is 12.5 Å². The number of nitrogens with one attached hydrogen (secondary N) is 4. The highest BCUT2D eigenvalue weighted by Gasteiger charge is 2.64. The van der Waals surface area contributed by atoms with Crippen LogP contribution in [0.5, 0.6) is 17.2 Å². The largest absolute Gasteiger partial charge is 0.507 e. The van der Waals surface area contributed by atoms with Crippen molar-refractivity contribution < 1.29 is 42.9 Å². The third-order valence-corrected chi connectivity index (χ3v) is 13.6. The van der Waals surface area contributed by atoms with Gasteiger partial charge in [0.25, 0.3) is 5.91 Å². The first-order valence-corrected chi connectivity index (χ1v) is 23.7. The fourth-order valence-electron chi connectivity index (χ4n) is 9.79. The van der Waals surface area contributed by atoms with E-state index in [0.29, 0.717) is 63.2 Å². The molecule has 15 nitrogen and oxygen atoms in total. The molecule has 16 heteroatoms. The maximum atomic E-state index is 14.5. The van der Waals surface area contributed by atoms with Crippen LogP contribution in [-0.4, -0.2) is 84.2 Å². The summed E-state index contributed by atoms with van der Waals surface area (Å²) < 4.78 is 23.4. The molecule has 2 unspecified atom stereocenters. The van der Waals surface area contributed by atoms with Crippen LogP contribution in [0.25, 0.3) is 22.5 Å². The van der Waals surface area contributed by atoms with Crippen LogP contribution in [0.15, 0.2) is 95.7 Å². The van der Waals surface area contributed by atoms with E-state index >= 15 is 0 Å². The van der Waals surface area contributed by atoms with Gasteiger partial charge in [0.1, 0.15) is 48.7 Å². The number of rotatable bonds is 18. The van der Waals surface area contributed by atoms with Crippen molar-refractivity contribution in [2.45, 2.75) is 98.5 Å². The summed E-state index contributed by atoms with van der Waals surface area (Å²) in [5.74, 6) is -0.140. The van der Waals surface area contributed by atoms with Crippen LogP contribution in [0.2, 0.25) is 5.02 Å². The Hall–Kier alpha value is -6.73. The van der Waals surface area contributed by atoms with Gasteiger partial charge in [-0.2, -0.15) is 5.26 Å². The second kappa shape index (κ2) is 21.1. The molecule has 1 saturated heterocycles. The number of ketones is 1. The van der Waals surface area contributed by atoms with Gasteiger partial charge in [-0.15, -0.1) is 0 Å². The molecule has 1 aromatic heterocycles. The SMILES string of the molecule is Cc1ncoc1-c1ccc(C(NC(=O)C2CCCN2)C(=O)[C@@H](NC(=O)COCCOc2ccc(-c3ccc(C(=O)NC4C(C)(C)C(Oc5ccc(C#N)c(Cl)c5)C4(C)C)cc3)cc2)C(C)(C)C)cc1O. The molecule has 5 aromatic rings. The van der Waals surface area contributed by atoms with Crippen LogP contribution in [-0.2, 0) is 19.1 Å². The van der Waals surface area contributed by atoms with E-state index in [0.717, 1.165) is 17.5 Å². The Morgan fingerprint density at radius 2 is 1.60 bits per heavy atom. The number of halogens is 1. The van der Waals surface area contributed by atoms with Crippen LogP contribution >= 0.6 is 11.6 Å². The Kier molecular flexibility index (Phi) is 15.4. The van der Waals surface area contributed by atoms with Crippen molar-refractivity contribution in [2.75, 3.05) is 26.4 Å². The number of nitriles is 1. The Morgan fingerprint density at radius 3 is 2.19 bits per heavy atom. The van der Waals surface area contributed by atoms with Gasteiger partial charge < -0.3 is 45.0 Å². The number of nitrogens with zero attached hydrogens (tertiary/aromatic N) is 2. The topological polar surface area (TPSA) is 214 Å². The van der Waals surface area contributed by atoms with Crippen LogP contribution in [0.1, 0.15) is 94.5 Å². The number of phenolic OH excluding ortho intramolecular Hbond substituents is 1. The number of hydrogen-bond acceptors (Lipinski definition) is 12. The zero-order valence-electron chi connectivity index (χ0n) is 40.8. The molecular weight excluding hydrogens is 912 g/mol. The van der Waals surface area contributed by atoms with Crippen LogP contribution in [0.4, 0.5) is 0 Å². The molecule has 0 bridgehead atoms. The lowest BCUT2D eigenvalue weighted by molar-refractivity contribution is -0.164. The Labute approximate surface area is 413 Å². The van der Waals surface area contributed by atoms with E-state index in [4.69, 9.17) is 30.2 Å². The highest BCUT2D eigenvalue weighted by atomic mass is 35.5. The monoisotopic (exact) mass is 972 g/mol. The quantitative estimate of drug-likeness (QED) is 0.0525. The number of hydrogen-bond donors (Lipinski definition) is 5. The second-order valence-corrected chi connectivity index (χ2v) is 20.6. The van der Waals surface area contributed by atoms with Crippen LogP contribution < -0.4 is 30.7 Å². The van der Waals surface area contributed by atoms with E-state index in [-0.39, 0.29) is 49.5 Å². The second-order valence-electron chi connectivity index (χ2n) is 20.2. The number of carbonyl (C=O) groups excluding carboxylic acids is 4. The number of oxazole rings is 1. The van der Waals surface area contributed by atoms with Crippen molar-refractivity contribution in [2.24, 2.45) is 16.2 Å². The van der Waals surface area contributed by atoms with E-state index < -0.39 is 46.1 Å². The normalized spacial score (nSPS) is 18.9. The predicted molar refractivity (Wildman–Crippen MR) is 264 cm³/mol. The zero-order chi connectivity index (χ0) is 50.5. The summed E-state index contributed by atoms with van der Waals surface area (Å²) >= 11 is 6.25. The van der Waals surface area contributed by atoms with Crippen molar-refractivity contribution >= 4 is 35.1 Å². The molecule has 2 fully saturated rings. The molecule has 7 rings (SSSR count). The van der Waals surface area contributed by atoms with Crippen molar-refractivity contribution in [1.29, 1.82) is 5.26 Å². The summed E-state index contributed by atoms with van der Waals surface area (Å²) in [6.45, 7) is 16.0. The predicted octanol–water partition coefficient (Wildman–Crippen LogP) is 8.26. The number of ether oxygens (including phenoxy) is 3. The lowest BCUT2D eigenvalue weighted by Crippen LogP contribution is -2.74. The van der Waals surface area contributed by atoms with Gasteiger partial charge in [-0.05, 0) is 96.9 Å². The van der Waals surface area contributed by atoms with Gasteiger partial charge >= 0.3 is 0 Å². The van der Waals surface area contributed by atoms with Crippen LogP contribution in [0.3, 0.4) is 0 Å². The summed E-state index contributed by atoms with van der Waals surface area (Å²) in [6.07, 6.45) is 2.49. The molecular formula is C54H61ClN6O9. The number of carbonyl (C=O) groups is 4. The van der Waals surface area contributed by atoms with Gasteiger partial charge in [-0.1, -0.05) is 90.4 Å². The average molecular weight is 974 g/mol. The Bertz CT molecular complexity index is 2740. The van der Waals surface area contributed by atoms with Gasteiger partial charge in [-0.3, -0.25) is 19.2 Å². The van der Waals surface area contributed by atoms with Gasteiger partial charge in [0.15, 0.2) is 17.9 Å². The first-order chi connectivity index (χ1) is 33.2. The van der Waals surface area contributed by atoms with Crippen molar-refractivity contribution in [3.05, 3.63) is 119 Å². The number of aromatic nitrogens is 1. The molecule has 1 aliphatic carbocycles. The molecule has 4 aromatic carbocycles. The maximum Gasteiger partial charge on any atom is 0.251 e. The highest BCUT2D eigenvalue weighted by molar-refractivity contribution is 6.31. The van der Waals surface area contributed by atoms with Gasteiger partial charge in [0.05, 0.1) is 40.5 Å². The first kappa shape index (κ1) is 51.1. The molecule has 70 heavy (non-hydrogen) atoms. The number of Topliss-reactive ketones (excluding diaryl/α,β-unsaturated/α-hetero) is 1. The lowest BCUT2D eigenvalue weighted by atomic mass is 9.49. The molecule has 1 aliphatic heterocycles.